The molecule has 3 nitrogen and oxygen atoms in total. The molecule has 0 radical (unpaired) electrons. The maximum Gasteiger partial charge on any atom is 0.126 e. The van der Waals surface area contributed by atoms with Crippen LogP contribution in [0.2, 0.25) is 0 Å². The summed E-state index contributed by atoms with van der Waals surface area (Å²) in [4.78, 5) is 4.03. The zero-order valence-corrected chi connectivity index (χ0v) is 14.1. The van der Waals surface area contributed by atoms with E-state index in [-0.39, 0.29) is 0 Å². The number of nitrogens with zero attached hydrogens (tertiary/aromatic N) is 1. The van der Waals surface area contributed by atoms with Crippen LogP contribution in [0.25, 0.3) is 0 Å². The molecule has 4 heteroatoms. The molecule has 0 bridgehead atoms. The molecule has 0 saturated carbocycles. The third-order valence-electron chi connectivity index (χ3n) is 3.27. The van der Waals surface area contributed by atoms with Crippen LogP contribution in [0.3, 0.4) is 0 Å². The molecule has 0 aliphatic rings. The van der Waals surface area contributed by atoms with Crippen LogP contribution < -0.4 is 10.1 Å². The van der Waals surface area contributed by atoms with Gasteiger partial charge in [0, 0.05) is 35.4 Å². The predicted octanol–water partition coefficient (Wildman–Crippen LogP) is 3.88. The number of ether oxygens (including phenoxy) is 1. The number of hydrogen-bond acceptors (Lipinski definition) is 3. The van der Waals surface area contributed by atoms with Crippen molar-refractivity contribution in [1.29, 1.82) is 0 Å². The monoisotopic (exact) mass is 348 g/mol. The molecule has 0 saturated heterocycles. The number of aromatic nitrogens is 1. The molecule has 2 aromatic rings. The Labute approximate surface area is 134 Å². The molecule has 21 heavy (non-hydrogen) atoms. The SMILES string of the molecule is CCNCc1cc(Br)cc(C)c1OCCc1ccncc1. The van der Waals surface area contributed by atoms with E-state index in [1.807, 2.05) is 24.5 Å². The standard InChI is InChI=1S/C17H21BrN2O/c1-3-19-12-15-11-16(18)10-13(2)17(15)21-9-6-14-4-7-20-8-5-14/h4-5,7-8,10-11,19H,3,6,9,12H2,1-2H3. The summed E-state index contributed by atoms with van der Waals surface area (Å²) in [6.45, 7) is 6.63. The van der Waals surface area contributed by atoms with Gasteiger partial charge in [0.15, 0.2) is 0 Å². The zero-order chi connectivity index (χ0) is 15.1. The largest absolute Gasteiger partial charge is 0.493 e. The second kappa shape index (κ2) is 8.15. The summed E-state index contributed by atoms with van der Waals surface area (Å²) in [5.74, 6) is 0.994. The Morgan fingerprint density at radius 2 is 2.00 bits per heavy atom. The van der Waals surface area contributed by atoms with Gasteiger partial charge in [0.05, 0.1) is 6.61 Å². The normalized spacial score (nSPS) is 10.6. The van der Waals surface area contributed by atoms with Gasteiger partial charge in [-0.2, -0.15) is 0 Å². The van der Waals surface area contributed by atoms with Gasteiger partial charge in [-0.05, 0) is 48.9 Å². The van der Waals surface area contributed by atoms with Crippen molar-refractivity contribution < 1.29 is 4.74 Å². The number of rotatable bonds is 7. The Bertz CT molecular complexity index is 573. The van der Waals surface area contributed by atoms with Gasteiger partial charge in [0.2, 0.25) is 0 Å². The van der Waals surface area contributed by atoms with E-state index in [1.165, 1.54) is 11.1 Å². The molecule has 0 atom stereocenters. The van der Waals surface area contributed by atoms with Crippen LogP contribution in [0, 0.1) is 6.92 Å². The van der Waals surface area contributed by atoms with Gasteiger partial charge in [-0.25, -0.2) is 0 Å². The fourth-order valence-electron chi connectivity index (χ4n) is 2.22. The molecule has 0 aliphatic heterocycles. The van der Waals surface area contributed by atoms with Crippen LogP contribution in [-0.2, 0) is 13.0 Å². The van der Waals surface area contributed by atoms with E-state index in [1.54, 1.807) is 0 Å². The quantitative estimate of drug-likeness (QED) is 0.824. The topological polar surface area (TPSA) is 34.1 Å². The van der Waals surface area contributed by atoms with Crippen molar-refractivity contribution in [3.63, 3.8) is 0 Å². The first-order valence-electron chi connectivity index (χ1n) is 7.22. The third-order valence-corrected chi connectivity index (χ3v) is 3.73. The van der Waals surface area contributed by atoms with Crippen molar-refractivity contribution in [3.05, 3.63) is 57.8 Å². The Balaban J connectivity index is 2.04. The molecule has 0 unspecified atom stereocenters. The van der Waals surface area contributed by atoms with Crippen molar-refractivity contribution in [2.24, 2.45) is 0 Å². The first kappa shape index (κ1) is 16.0. The molecule has 112 valence electrons. The number of nitrogens with one attached hydrogen (secondary N) is 1. The van der Waals surface area contributed by atoms with E-state index in [0.29, 0.717) is 6.61 Å². The molecule has 1 aromatic carbocycles. The van der Waals surface area contributed by atoms with Crippen molar-refractivity contribution >= 4 is 15.9 Å². The highest BCUT2D eigenvalue weighted by molar-refractivity contribution is 9.10. The summed E-state index contributed by atoms with van der Waals surface area (Å²) in [6, 6.07) is 8.27. The molecule has 0 aliphatic carbocycles. The third kappa shape index (κ3) is 4.83. The highest BCUT2D eigenvalue weighted by Gasteiger charge is 2.09. The van der Waals surface area contributed by atoms with Gasteiger partial charge < -0.3 is 10.1 Å². The molecule has 0 spiro atoms. The average Bonchev–Trinajstić information content (AvgIpc) is 2.48. The summed E-state index contributed by atoms with van der Waals surface area (Å²) < 4.78 is 7.13. The van der Waals surface area contributed by atoms with Crippen molar-refractivity contribution in [3.8, 4) is 5.75 Å². The molecular formula is C17H21BrN2O. The highest BCUT2D eigenvalue weighted by atomic mass is 79.9. The first-order chi connectivity index (χ1) is 10.2. The van der Waals surface area contributed by atoms with E-state index < -0.39 is 0 Å². The van der Waals surface area contributed by atoms with Gasteiger partial charge >= 0.3 is 0 Å². The second-order valence-corrected chi connectivity index (χ2v) is 5.86. The fourth-order valence-corrected chi connectivity index (χ4v) is 2.84. The van der Waals surface area contributed by atoms with Gasteiger partial charge in [0.1, 0.15) is 5.75 Å². The molecule has 2 rings (SSSR count). The van der Waals surface area contributed by atoms with Gasteiger partial charge in [0.25, 0.3) is 0 Å². The minimum atomic E-state index is 0.672. The molecule has 0 amide bonds. The van der Waals surface area contributed by atoms with E-state index in [9.17, 15) is 0 Å². The Hall–Kier alpha value is -1.39. The van der Waals surface area contributed by atoms with Crippen LogP contribution in [0.4, 0.5) is 0 Å². The van der Waals surface area contributed by atoms with Crippen LogP contribution in [-0.4, -0.2) is 18.1 Å². The highest BCUT2D eigenvalue weighted by Crippen LogP contribution is 2.28. The van der Waals surface area contributed by atoms with E-state index in [0.717, 1.165) is 35.3 Å². The van der Waals surface area contributed by atoms with Gasteiger partial charge in [-0.1, -0.05) is 22.9 Å². The smallest absolute Gasteiger partial charge is 0.126 e. The molecule has 1 aromatic heterocycles. The van der Waals surface area contributed by atoms with Gasteiger partial charge in [-0.3, -0.25) is 4.98 Å². The Kier molecular flexibility index (Phi) is 6.21. The minimum Gasteiger partial charge on any atom is -0.493 e. The minimum absolute atomic E-state index is 0.672. The van der Waals surface area contributed by atoms with E-state index in [2.05, 4.69) is 52.2 Å². The summed E-state index contributed by atoms with van der Waals surface area (Å²) in [7, 11) is 0. The van der Waals surface area contributed by atoms with Crippen molar-refractivity contribution in [2.45, 2.75) is 26.8 Å². The molecular weight excluding hydrogens is 328 g/mol. The lowest BCUT2D eigenvalue weighted by Gasteiger charge is -2.15. The number of halogens is 1. The van der Waals surface area contributed by atoms with E-state index in [4.69, 9.17) is 4.74 Å². The van der Waals surface area contributed by atoms with Crippen LogP contribution >= 0.6 is 15.9 Å². The molecule has 0 fully saturated rings. The summed E-state index contributed by atoms with van der Waals surface area (Å²) >= 11 is 3.55. The van der Waals surface area contributed by atoms with Crippen LogP contribution in [0.5, 0.6) is 5.75 Å². The lowest BCUT2D eigenvalue weighted by atomic mass is 10.1. The number of pyridine rings is 1. The Morgan fingerprint density at radius 3 is 2.71 bits per heavy atom. The lowest BCUT2D eigenvalue weighted by molar-refractivity contribution is 0.315. The summed E-state index contributed by atoms with van der Waals surface area (Å²) in [5.41, 5.74) is 3.60. The summed E-state index contributed by atoms with van der Waals surface area (Å²) in [6.07, 6.45) is 4.52. The maximum atomic E-state index is 6.04. The predicted molar refractivity (Wildman–Crippen MR) is 89.7 cm³/mol. The zero-order valence-electron chi connectivity index (χ0n) is 12.5. The number of aryl methyl sites for hydroxylation is 1. The Morgan fingerprint density at radius 1 is 1.24 bits per heavy atom. The number of benzene rings is 1. The van der Waals surface area contributed by atoms with E-state index >= 15 is 0 Å². The van der Waals surface area contributed by atoms with Crippen molar-refractivity contribution in [2.75, 3.05) is 13.2 Å². The first-order valence-corrected chi connectivity index (χ1v) is 8.01. The number of hydrogen-bond donors (Lipinski definition) is 1. The second-order valence-electron chi connectivity index (χ2n) is 4.95. The van der Waals surface area contributed by atoms with Crippen molar-refractivity contribution in [1.82, 2.24) is 10.3 Å². The fraction of sp³-hybridized carbons (Fsp3) is 0.353. The van der Waals surface area contributed by atoms with Gasteiger partial charge in [-0.15, -0.1) is 0 Å². The molecule has 1 N–H and O–H groups in total. The lowest BCUT2D eigenvalue weighted by Crippen LogP contribution is -2.14. The van der Waals surface area contributed by atoms with Crippen LogP contribution in [0.1, 0.15) is 23.6 Å². The summed E-state index contributed by atoms with van der Waals surface area (Å²) in [5, 5.41) is 3.36. The molecule has 1 heterocycles. The average molecular weight is 349 g/mol. The maximum absolute atomic E-state index is 6.04. The van der Waals surface area contributed by atoms with Crippen LogP contribution in [0.15, 0.2) is 41.1 Å².